The van der Waals surface area contributed by atoms with E-state index in [1.54, 1.807) is 0 Å². The Labute approximate surface area is 144 Å². The summed E-state index contributed by atoms with van der Waals surface area (Å²) >= 11 is 0. The maximum atomic E-state index is 12.8. The van der Waals surface area contributed by atoms with Gasteiger partial charge in [-0.3, -0.25) is 9.69 Å². The molecule has 1 heterocycles. The molecular formula is C21H25NO2. The van der Waals surface area contributed by atoms with E-state index in [2.05, 4.69) is 11.8 Å². The first kappa shape index (κ1) is 16.7. The first-order valence-corrected chi connectivity index (χ1v) is 8.76. The van der Waals surface area contributed by atoms with Crippen LogP contribution in [0.2, 0.25) is 0 Å². The molecule has 0 N–H and O–H groups in total. The number of likely N-dealkylation sites (tertiary alicyclic amines) is 1. The number of hydrogen-bond acceptors (Lipinski definition) is 3. The zero-order chi connectivity index (χ0) is 16.8. The molecule has 126 valence electrons. The van der Waals surface area contributed by atoms with Gasteiger partial charge in [0.05, 0.1) is 0 Å². The van der Waals surface area contributed by atoms with E-state index in [9.17, 15) is 4.79 Å². The molecule has 0 saturated carbocycles. The minimum atomic E-state index is -0.363. The molecule has 0 aliphatic carbocycles. The molecule has 0 radical (unpaired) electrons. The van der Waals surface area contributed by atoms with E-state index in [-0.39, 0.29) is 17.9 Å². The number of benzene rings is 2. The van der Waals surface area contributed by atoms with Gasteiger partial charge in [-0.1, -0.05) is 60.7 Å². The fourth-order valence-electron chi connectivity index (χ4n) is 3.33. The minimum Gasteiger partial charge on any atom is -0.463 e. The lowest BCUT2D eigenvalue weighted by atomic mass is 9.91. The van der Waals surface area contributed by atoms with Crippen LogP contribution in [0.15, 0.2) is 60.7 Å². The van der Waals surface area contributed by atoms with Crippen molar-refractivity contribution in [2.24, 2.45) is 0 Å². The third-order valence-corrected chi connectivity index (χ3v) is 4.73. The van der Waals surface area contributed by atoms with Crippen LogP contribution in [0, 0.1) is 0 Å². The summed E-state index contributed by atoms with van der Waals surface area (Å²) in [4.78, 5) is 15.2. The van der Waals surface area contributed by atoms with Crippen molar-refractivity contribution in [1.82, 2.24) is 4.90 Å². The van der Waals surface area contributed by atoms with Gasteiger partial charge in [0.1, 0.15) is 12.5 Å². The third kappa shape index (κ3) is 4.04. The molecule has 0 amide bonds. The van der Waals surface area contributed by atoms with Crippen molar-refractivity contribution >= 4 is 5.97 Å². The Kier molecular flexibility index (Phi) is 5.65. The van der Waals surface area contributed by atoms with Crippen LogP contribution in [0.1, 0.15) is 36.8 Å². The maximum absolute atomic E-state index is 12.8. The van der Waals surface area contributed by atoms with E-state index < -0.39 is 0 Å². The van der Waals surface area contributed by atoms with E-state index in [0.717, 1.165) is 24.2 Å². The molecule has 2 aromatic rings. The Morgan fingerprint density at radius 2 is 1.46 bits per heavy atom. The fourth-order valence-corrected chi connectivity index (χ4v) is 3.33. The van der Waals surface area contributed by atoms with Gasteiger partial charge in [-0.25, -0.2) is 0 Å². The maximum Gasteiger partial charge on any atom is 0.317 e. The molecule has 2 aromatic carbocycles. The second kappa shape index (κ2) is 8.11. The van der Waals surface area contributed by atoms with Crippen LogP contribution in [0.4, 0.5) is 0 Å². The number of nitrogens with zero attached hydrogens (tertiary/aromatic N) is 1. The van der Waals surface area contributed by atoms with Crippen LogP contribution >= 0.6 is 0 Å². The Bertz CT molecular complexity index is 596. The summed E-state index contributed by atoms with van der Waals surface area (Å²) in [6, 6.07) is 20.0. The fraction of sp³-hybridized carbons (Fsp3) is 0.381. The highest BCUT2D eigenvalue weighted by Crippen LogP contribution is 2.26. The minimum absolute atomic E-state index is 0.168. The van der Waals surface area contributed by atoms with Crippen LogP contribution in [-0.2, 0) is 9.53 Å². The summed E-state index contributed by atoms with van der Waals surface area (Å²) in [6.07, 6.45) is 2.49. The van der Waals surface area contributed by atoms with Crippen molar-refractivity contribution in [3.05, 3.63) is 71.8 Å². The van der Waals surface area contributed by atoms with E-state index in [4.69, 9.17) is 4.74 Å². The molecule has 24 heavy (non-hydrogen) atoms. The topological polar surface area (TPSA) is 29.5 Å². The normalized spacial score (nSPS) is 16.2. The lowest BCUT2D eigenvalue weighted by molar-refractivity contribution is -0.146. The predicted octanol–water partition coefficient (Wildman–Crippen LogP) is 3.85. The highest BCUT2D eigenvalue weighted by molar-refractivity contribution is 5.82. The van der Waals surface area contributed by atoms with Crippen molar-refractivity contribution in [2.45, 2.75) is 31.7 Å². The highest BCUT2D eigenvalue weighted by atomic mass is 16.5. The predicted molar refractivity (Wildman–Crippen MR) is 96.0 cm³/mol. The highest BCUT2D eigenvalue weighted by Gasteiger charge is 2.26. The average Bonchev–Trinajstić information content (AvgIpc) is 3.16. The van der Waals surface area contributed by atoms with Crippen molar-refractivity contribution in [3.63, 3.8) is 0 Å². The van der Waals surface area contributed by atoms with Crippen LogP contribution in [0.25, 0.3) is 0 Å². The zero-order valence-electron chi connectivity index (χ0n) is 14.2. The Hall–Kier alpha value is -2.13. The molecule has 1 aliphatic heterocycles. The first-order chi connectivity index (χ1) is 11.8. The zero-order valence-corrected chi connectivity index (χ0v) is 14.2. The van der Waals surface area contributed by atoms with Gasteiger partial charge in [-0.15, -0.1) is 0 Å². The van der Waals surface area contributed by atoms with E-state index >= 15 is 0 Å². The molecular weight excluding hydrogens is 298 g/mol. The quantitative estimate of drug-likeness (QED) is 0.756. The standard InChI is InChI=1S/C21H25NO2/c1-17(22-14-8-9-15-22)16-24-21(23)20(18-10-4-2-5-11-18)19-12-6-3-7-13-19/h2-7,10-13,17,20H,8-9,14-16H2,1H3. The van der Waals surface area contributed by atoms with Gasteiger partial charge in [0, 0.05) is 6.04 Å². The molecule has 3 heteroatoms. The number of hydrogen-bond donors (Lipinski definition) is 0. The number of rotatable bonds is 6. The van der Waals surface area contributed by atoms with Gasteiger partial charge in [0.2, 0.25) is 0 Å². The van der Waals surface area contributed by atoms with Gasteiger partial charge >= 0.3 is 5.97 Å². The van der Waals surface area contributed by atoms with Crippen molar-refractivity contribution in [3.8, 4) is 0 Å². The smallest absolute Gasteiger partial charge is 0.317 e. The number of esters is 1. The molecule has 0 bridgehead atoms. The Morgan fingerprint density at radius 3 is 1.96 bits per heavy atom. The van der Waals surface area contributed by atoms with Gasteiger partial charge in [-0.05, 0) is 44.0 Å². The van der Waals surface area contributed by atoms with Gasteiger partial charge in [0.25, 0.3) is 0 Å². The third-order valence-electron chi connectivity index (χ3n) is 4.73. The molecule has 1 fully saturated rings. The summed E-state index contributed by atoms with van der Waals surface area (Å²) in [5, 5.41) is 0. The summed E-state index contributed by atoms with van der Waals surface area (Å²) in [7, 11) is 0. The van der Waals surface area contributed by atoms with Crippen molar-refractivity contribution < 1.29 is 9.53 Å². The summed E-state index contributed by atoms with van der Waals surface area (Å²) < 4.78 is 5.71. The van der Waals surface area contributed by atoms with E-state index in [1.165, 1.54) is 12.8 Å². The summed E-state index contributed by atoms with van der Waals surface area (Å²) in [5.74, 6) is -0.531. The van der Waals surface area contributed by atoms with Crippen LogP contribution < -0.4 is 0 Å². The van der Waals surface area contributed by atoms with Crippen LogP contribution in [0.3, 0.4) is 0 Å². The first-order valence-electron chi connectivity index (χ1n) is 8.76. The largest absolute Gasteiger partial charge is 0.463 e. The van der Waals surface area contributed by atoms with Crippen LogP contribution in [0.5, 0.6) is 0 Å². The van der Waals surface area contributed by atoms with Crippen molar-refractivity contribution in [2.75, 3.05) is 19.7 Å². The SMILES string of the molecule is CC(COC(=O)C(c1ccccc1)c1ccccc1)N1CCCC1. The molecule has 0 spiro atoms. The number of carbonyl (C=O) groups is 1. The lowest BCUT2D eigenvalue weighted by Crippen LogP contribution is -2.35. The Morgan fingerprint density at radius 1 is 0.958 bits per heavy atom. The van der Waals surface area contributed by atoms with Crippen LogP contribution in [-0.4, -0.2) is 36.6 Å². The number of ether oxygens (including phenoxy) is 1. The van der Waals surface area contributed by atoms with Gasteiger partial charge < -0.3 is 4.74 Å². The Balaban J connectivity index is 1.72. The van der Waals surface area contributed by atoms with Gasteiger partial charge in [-0.2, -0.15) is 0 Å². The lowest BCUT2D eigenvalue weighted by Gasteiger charge is -2.24. The molecule has 1 unspecified atom stereocenters. The second-order valence-electron chi connectivity index (χ2n) is 6.48. The molecule has 1 saturated heterocycles. The van der Waals surface area contributed by atoms with Gasteiger partial charge in [0.15, 0.2) is 0 Å². The van der Waals surface area contributed by atoms with Crippen molar-refractivity contribution in [1.29, 1.82) is 0 Å². The summed E-state index contributed by atoms with van der Waals surface area (Å²) in [5.41, 5.74) is 1.95. The number of carbonyl (C=O) groups excluding carboxylic acids is 1. The molecule has 3 rings (SSSR count). The van der Waals surface area contributed by atoms with E-state index in [1.807, 2.05) is 60.7 Å². The average molecular weight is 323 g/mol. The molecule has 1 atom stereocenters. The summed E-state index contributed by atoms with van der Waals surface area (Å²) in [6.45, 7) is 4.81. The van der Waals surface area contributed by atoms with E-state index in [0.29, 0.717) is 6.61 Å². The second-order valence-corrected chi connectivity index (χ2v) is 6.48. The molecule has 3 nitrogen and oxygen atoms in total. The molecule has 0 aromatic heterocycles. The monoisotopic (exact) mass is 323 g/mol. The molecule has 1 aliphatic rings.